The summed E-state index contributed by atoms with van der Waals surface area (Å²) in [4.78, 5) is 2.55. The van der Waals surface area contributed by atoms with E-state index in [0.717, 1.165) is 24.7 Å². The topological polar surface area (TPSA) is 15.3 Å². The van der Waals surface area contributed by atoms with E-state index in [1.165, 1.54) is 34.8 Å². The minimum Gasteiger partial charge on any atom is -0.311 e. The highest BCUT2D eigenvalue weighted by molar-refractivity contribution is 14.1. The van der Waals surface area contributed by atoms with Crippen LogP contribution in [0.1, 0.15) is 31.2 Å². The normalized spacial score (nSPS) is 30.9. The number of halogens is 1. The van der Waals surface area contributed by atoms with Crippen LogP contribution in [0.2, 0.25) is 0 Å². The molecule has 3 rings (SSSR count). The first-order chi connectivity index (χ1) is 8.70. The monoisotopic (exact) mass is 356 g/mol. The van der Waals surface area contributed by atoms with Gasteiger partial charge in [-0.15, -0.1) is 0 Å². The summed E-state index contributed by atoms with van der Waals surface area (Å²) >= 11 is 2.37. The third kappa shape index (κ3) is 2.89. The van der Waals surface area contributed by atoms with Gasteiger partial charge >= 0.3 is 0 Å². The summed E-state index contributed by atoms with van der Waals surface area (Å²) in [5.74, 6) is 0. The van der Waals surface area contributed by atoms with Gasteiger partial charge < -0.3 is 5.32 Å². The van der Waals surface area contributed by atoms with Crippen LogP contribution in [0.3, 0.4) is 0 Å². The number of nitrogens with one attached hydrogen (secondary N) is 1. The van der Waals surface area contributed by atoms with E-state index in [1.54, 1.807) is 0 Å². The summed E-state index contributed by atoms with van der Waals surface area (Å²) in [6.07, 6.45) is 5.44. The molecule has 1 N–H and O–H groups in total. The van der Waals surface area contributed by atoms with Gasteiger partial charge in [0, 0.05) is 28.2 Å². The first-order valence-electron chi connectivity index (χ1n) is 6.91. The van der Waals surface area contributed by atoms with Crippen LogP contribution in [0.15, 0.2) is 24.3 Å². The second-order valence-electron chi connectivity index (χ2n) is 5.80. The molecule has 3 heteroatoms. The van der Waals surface area contributed by atoms with E-state index >= 15 is 0 Å². The third-order valence-electron chi connectivity index (χ3n) is 4.42. The highest BCUT2D eigenvalue weighted by atomic mass is 127. The average Bonchev–Trinajstić information content (AvgIpc) is 2.71. The lowest BCUT2D eigenvalue weighted by molar-refractivity contribution is 0.166. The molecule has 2 atom stereocenters. The van der Waals surface area contributed by atoms with E-state index < -0.39 is 0 Å². The van der Waals surface area contributed by atoms with E-state index in [1.807, 2.05) is 0 Å². The van der Waals surface area contributed by atoms with E-state index in [0.29, 0.717) is 0 Å². The Morgan fingerprint density at radius 1 is 1.17 bits per heavy atom. The zero-order valence-electron chi connectivity index (χ0n) is 10.9. The summed E-state index contributed by atoms with van der Waals surface area (Å²) in [6, 6.07) is 11.3. The van der Waals surface area contributed by atoms with Gasteiger partial charge in [0.1, 0.15) is 0 Å². The fraction of sp³-hybridized carbons (Fsp3) is 0.600. The standard InChI is InChI=1S/C15H21IN2/c1-18(10-11-2-4-12(16)5-3-11)15-8-13-6-7-14(9-15)17-13/h2-5,13-15,17H,6-10H2,1H3. The van der Waals surface area contributed by atoms with Crippen molar-refractivity contribution in [1.29, 1.82) is 0 Å². The molecule has 1 aromatic carbocycles. The van der Waals surface area contributed by atoms with Gasteiger partial charge in [0.05, 0.1) is 0 Å². The molecule has 2 aliphatic heterocycles. The van der Waals surface area contributed by atoms with Crippen LogP contribution < -0.4 is 5.32 Å². The number of rotatable bonds is 3. The summed E-state index contributed by atoms with van der Waals surface area (Å²) < 4.78 is 1.32. The predicted molar refractivity (Wildman–Crippen MR) is 83.6 cm³/mol. The molecule has 2 unspecified atom stereocenters. The quantitative estimate of drug-likeness (QED) is 0.838. The molecular formula is C15H21IN2. The molecule has 1 aromatic rings. The van der Waals surface area contributed by atoms with Gasteiger partial charge in [0.2, 0.25) is 0 Å². The smallest absolute Gasteiger partial charge is 0.0233 e. The average molecular weight is 356 g/mol. The summed E-state index contributed by atoms with van der Waals surface area (Å²) in [6.45, 7) is 1.08. The lowest BCUT2D eigenvalue weighted by Crippen LogP contribution is -2.46. The maximum absolute atomic E-state index is 3.72. The molecule has 2 fully saturated rings. The first kappa shape index (κ1) is 12.9. The Morgan fingerprint density at radius 2 is 1.78 bits per heavy atom. The molecule has 0 aromatic heterocycles. The van der Waals surface area contributed by atoms with E-state index in [-0.39, 0.29) is 0 Å². The second-order valence-corrected chi connectivity index (χ2v) is 7.05. The Hall–Kier alpha value is -0.130. The molecule has 0 spiro atoms. The Bertz CT molecular complexity index is 391. The third-order valence-corrected chi connectivity index (χ3v) is 5.14. The maximum atomic E-state index is 3.72. The number of hydrogen-bond acceptors (Lipinski definition) is 2. The van der Waals surface area contributed by atoms with Crippen LogP contribution in [-0.4, -0.2) is 30.1 Å². The van der Waals surface area contributed by atoms with E-state index in [9.17, 15) is 0 Å². The lowest BCUT2D eigenvalue weighted by atomic mass is 9.98. The molecule has 2 aliphatic rings. The van der Waals surface area contributed by atoms with Crippen molar-refractivity contribution in [2.75, 3.05) is 7.05 Å². The highest BCUT2D eigenvalue weighted by Gasteiger charge is 2.34. The van der Waals surface area contributed by atoms with Crippen molar-refractivity contribution in [3.8, 4) is 0 Å². The molecule has 2 saturated heterocycles. The molecule has 0 aliphatic carbocycles. The lowest BCUT2D eigenvalue weighted by Gasteiger charge is -2.35. The zero-order chi connectivity index (χ0) is 12.5. The second kappa shape index (κ2) is 5.47. The van der Waals surface area contributed by atoms with Crippen molar-refractivity contribution in [1.82, 2.24) is 10.2 Å². The van der Waals surface area contributed by atoms with Gasteiger partial charge in [-0.25, -0.2) is 0 Å². The molecule has 2 heterocycles. The van der Waals surface area contributed by atoms with Crippen LogP contribution in [0.5, 0.6) is 0 Å². The summed E-state index contributed by atoms with van der Waals surface area (Å²) in [5, 5.41) is 3.72. The molecule has 0 radical (unpaired) electrons. The Kier molecular flexibility index (Phi) is 3.91. The molecule has 2 nitrogen and oxygen atoms in total. The number of piperidine rings is 1. The van der Waals surface area contributed by atoms with Crippen molar-refractivity contribution < 1.29 is 0 Å². The number of fused-ring (bicyclic) bond motifs is 2. The highest BCUT2D eigenvalue weighted by Crippen LogP contribution is 2.29. The van der Waals surface area contributed by atoms with Crippen LogP contribution in [0.4, 0.5) is 0 Å². The predicted octanol–water partition coefficient (Wildman–Crippen LogP) is 3.01. The summed E-state index contributed by atoms with van der Waals surface area (Å²) in [5.41, 5.74) is 1.43. The fourth-order valence-corrected chi connectivity index (χ4v) is 3.75. The van der Waals surface area contributed by atoms with Crippen molar-refractivity contribution in [3.05, 3.63) is 33.4 Å². The SMILES string of the molecule is CN(Cc1ccc(I)cc1)C1CC2CCC(C1)N2. The molecule has 2 bridgehead atoms. The Balaban J connectivity index is 1.61. The Morgan fingerprint density at radius 3 is 2.39 bits per heavy atom. The Labute approximate surface area is 123 Å². The van der Waals surface area contributed by atoms with Crippen LogP contribution >= 0.6 is 22.6 Å². The van der Waals surface area contributed by atoms with Gasteiger partial charge in [0.15, 0.2) is 0 Å². The molecule has 18 heavy (non-hydrogen) atoms. The minimum atomic E-state index is 0.767. The van der Waals surface area contributed by atoms with Crippen LogP contribution in [-0.2, 0) is 6.54 Å². The number of nitrogens with zero attached hydrogens (tertiary/aromatic N) is 1. The van der Waals surface area contributed by atoms with Gasteiger partial charge in [-0.3, -0.25) is 4.90 Å². The van der Waals surface area contributed by atoms with Gasteiger partial charge in [-0.05, 0) is 73.0 Å². The van der Waals surface area contributed by atoms with E-state index in [2.05, 4.69) is 64.1 Å². The van der Waals surface area contributed by atoms with Crippen molar-refractivity contribution in [2.45, 2.75) is 50.4 Å². The van der Waals surface area contributed by atoms with Crippen LogP contribution in [0, 0.1) is 3.57 Å². The first-order valence-corrected chi connectivity index (χ1v) is 7.99. The molecule has 0 saturated carbocycles. The number of hydrogen-bond donors (Lipinski definition) is 1. The number of benzene rings is 1. The van der Waals surface area contributed by atoms with Crippen LogP contribution in [0.25, 0.3) is 0 Å². The van der Waals surface area contributed by atoms with Gasteiger partial charge in [-0.1, -0.05) is 12.1 Å². The maximum Gasteiger partial charge on any atom is 0.0233 e. The molecule has 0 amide bonds. The minimum absolute atomic E-state index is 0.767. The molecule has 98 valence electrons. The van der Waals surface area contributed by atoms with Crippen molar-refractivity contribution in [3.63, 3.8) is 0 Å². The van der Waals surface area contributed by atoms with Gasteiger partial charge in [0.25, 0.3) is 0 Å². The van der Waals surface area contributed by atoms with Crippen molar-refractivity contribution in [2.24, 2.45) is 0 Å². The van der Waals surface area contributed by atoms with Crippen molar-refractivity contribution >= 4 is 22.6 Å². The van der Waals surface area contributed by atoms with E-state index in [4.69, 9.17) is 0 Å². The van der Waals surface area contributed by atoms with Gasteiger partial charge in [-0.2, -0.15) is 0 Å². The largest absolute Gasteiger partial charge is 0.311 e. The summed E-state index contributed by atoms with van der Waals surface area (Å²) in [7, 11) is 2.29. The zero-order valence-corrected chi connectivity index (χ0v) is 13.1. The fourth-order valence-electron chi connectivity index (χ4n) is 3.39. The molecular weight excluding hydrogens is 335 g/mol.